The molecule has 0 radical (unpaired) electrons. The Morgan fingerprint density at radius 1 is 0.893 bits per heavy atom. The van der Waals surface area contributed by atoms with E-state index in [0.717, 1.165) is 49.1 Å². The molecule has 0 bridgehead atoms. The number of rotatable bonds is 3. The van der Waals surface area contributed by atoms with E-state index >= 15 is 0 Å². The quantitative estimate of drug-likeness (QED) is 0.445. The van der Waals surface area contributed by atoms with E-state index in [4.69, 9.17) is 4.42 Å². The zero-order valence-corrected chi connectivity index (χ0v) is 15.7. The highest BCUT2D eigenvalue weighted by molar-refractivity contribution is 6.06. The zero-order valence-electron chi connectivity index (χ0n) is 15.7. The summed E-state index contributed by atoms with van der Waals surface area (Å²) in [7, 11) is 0. The van der Waals surface area contributed by atoms with Gasteiger partial charge in [0.2, 0.25) is 0 Å². The predicted octanol–water partition coefficient (Wildman–Crippen LogP) is 2.85. The maximum Gasteiger partial charge on any atom is 0.336 e. The fourth-order valence-electron chi connectivity index (χ4n) is 4.33. The molecule has 0 saturated carbocycles. The van der Waals surface area contributed by atoms with E-state index in [2.05, 4.69) is 47.4 Å². The van der Waals surface area contributed by atoms with Gasteiger partial charge in [0.25, 0.3) is 0 Å². The largest absolute Gasteiger partial charge is 0.423 e. The number of para-hydroxylation sites is 1. The molecule has 28 heavy (non-hydrogen) atoms. The Morgan fingerprint density at radius 2 is 1.64 bits per heavy atom. The van der Waals surface area contributed by atoms with Crippen molar-refractivity contribution in [1.29, 1.82) is 0 Å². The summed E-state index contributed by atoms with van der Waals surface area (Å²) in [6, 6.07) is 24.5. The van der Waals surface area contributed by atoms with Crippen molar-refractivity contribution in [3.63, 3.8) is 0 Å². The molecule has 0 amide bonds. The summed E-state index contributed by atoms with van der Waals surface area (Å²) in [5.74, 6) is 0. The topological polar surface area (TPSA) is 37.9 Å². The lowest BCUT2D eigenvalue weighted by atomic mass is 10.0. The van der Waals surface area contributed by atoms with Crippen molar-refractivity contribution >= 4 is 27.4 Å². The van der Waals surface area contributed by atoms with Crippen LogP contribution in [0.4, 0.5) is 5.69 Å². The summed E-state index contributed by atoms with van der Waals surface area (Å²) in [5.41, 5.74) is 2.80. The molecule has 4 aromatic rings. The molecule has 1 aromatic heterocycles. The Balaban J connectivity index is 1.44. The normalized spacial score (nSPS) is 15.4. The molecular formula is C24H23N2O2+. The maximum atomic E-state index is 12.1. The van der Waals surface area contributed by atoms with E-state index in [1.807, 2.05) is 24.3 Å². The molecule has 1 aliphatic heterocycles. The number of anilines is 1. The molecule has 5 rings (SSSR count). The molecule has 1 saturated heterocycles. The number of nitrogens with one attached hydrogen (secondary N) is 1. The van der Waals surface area contributed by atoms with Crippen LogP contribution in [0.25, 0.3) is 21.7 Å². The van der Waals surface area contributed by atoms with Crippen molar-refractivity contribution in [3.8, 4) is 0 Å². The van der Waals surface area contributed by atoms with Gasteiger partial charge >= 0.3 is 5.63 Å². The van der Waals surface area contributed by atoms with E-state index in [1.54, 1.807) is 6.07 Å². The Kier molecular flexibility index (Phi) is 4.34. The SMILES string of the molecule is O=c1cc(C[NH+]2CCN(c3ccccc3)CC2)c2c(ccc3ccccc32)o1. The minimum atomic E-state index is -0.264. The molecule has 0 atom stereocenters. The lowest BCUT2D eigenvalue weighted by molar-refractivity contribution is -0.914. The molecule has 0 unspecified atom stereocenters. The van der Waals surface area contributed by atoms with Gasteiger partial charge in [0.15, 0.2) is 0 Å². The first-order valence-corrected chi connectivity index (χ1v) is 9.86. The maximum absolute atomic E-state index is 12.1. The van der Waals surface area contributed by atoms with Crippen LogP contribution in [-0.2, 0) is 6.54 Å². The van der Waals surface area contributed by atoms with Crippen molar-refractivity contribution in [3.05, 3.63) is 88.8 Å². The van der Waals surface area contributed by atoms with Gasteiger partial charge in [-0.25, -0.2) is 4.79 Å². The van der Waals surface area contributed by atoms with Crippen LogP contribution in [0.3, 0.4) is 0 Å². The molecule has 1 fully saturated rings. The average Bonchev–Trinajstić information content (AvgIpc) is 2.74. The van der Waals surface area contributed by atoms with Crippen LogP contribution in [0, 0.1) is 0 Å². The molecule has 4 nitrogen and oxygen atoms in total. The van der Waals surface area contributed by atoms with E-state index in [0.29, 0.717) is 5.58 Å². The third-order valence-electron chi connectivity index (χ3n) is 5.75. The van der Waals surface area contributed by atoms with Gasteiger partial charge in [-0.3, -0.25) is 0 Å². The standard InChI is InChI=1S/C24H22N2O2/c27-23-16-19(24-21-9-5-4-6-18(21)10-11-22(24)28-23)17-25-12-14-26(15-13-25)20-7-2-1-3-8-20/h1-11,16H,12-15,17H2/p+1. The molecular weight excluding hydrogens is 348 g/mol. The minimum absolute atomic E-state index is 0.264. The highest BCUT2D eigenvalue weighted by Crippen LogP contribution is 2.27. The molecule has 0 spiro atoms. The third kappa shape index (κ3) is 3.16. The van der Waals surface area contributed by atoms with E-state index in [9.17, 15) is 4.79 Å². The van der Waals surface area contributed by atoms with Gasteiger partial charge in [-0.1, -0.05) is 48.5 Å². The minimum Gasteiger partial charge on any atom is -0.423 e. The summed E-state index contributed by atoms with van der Waals surface area (Å²) < 4.78 is 5.50. The average molecular weight is 371 g/mol. The van der Waals surface area contributed by atoms with Crippen LogP contribution in [-0.4, -0.2) is 26.2 Å². The Labute approximate surface area is 163 Å². The van der Waals surface area contributed by atoms with Crippen LogP contribution in [0.5, 0.6) is 0 Å². The van der Waals surface area contributed by atoms with Gasteiger partial charge in [-0.05, 0) is 29.0 Å². The number of nitrogens with zero attached hydrogens (tertiary/aromatic N) is 1. The van der Waals surface area contributed by atoms with Crippen molar-refractivity contribution < 1.29 is 9.32 Å². The predicted molar refractivity (Wildman–Crippen MR) is 113 cm³/mol. The number of hydrogen-bond donors (Lipinski definition) is 1. The van der Waals surface area contributed by atoms with E-state index < -0.39 is 0 Å². The van der Waals surface area contributed by atoms with Gasteiger partial charge in [0.1, 0.15) is 12.1 Å². The van der Waals surface area contributed by atoms with E-state index in [-0.39, 0.29) is 5.63 Å². The number of fused-ring (bicyclic) bond motifs is 3. The van der Waals surface area contributed by atoms with Crippen LogP contribution in [0.15, 0.2) is 82.0 Å². The summed E-state index contributed by atoms with van der Waals surface area (Å²) in [6.45, 7) is 5.01. The number of hydrogen-bond acceptors (Lipinski definition) is 3. The zero-order chi connectivity index (χ0) is 18.9. The molecule has 1 N–H and O–H groups in total. The second-order valence-corrected chi connectivity index (χ2v) is 7.50. The molecule has 140 valence electrons. The Morgan fingerprint density at radius 3 is 2.46 bits per heavy atom. The van der Waals surface area contributed by atoms with Gasteiger partial charge in [0.05, 0.1) is 26.2 Å². The van der Waals surface area contributed by atoms with Crippen molar-refractivity contribution in [2.75, 3.05) is 31.1 Å². The van der Waals surface area contributed by atoms with Gasteiger partial charge in [-0.2, -0.15) is 0 Å². The van der Waals surface area contributed by atoms with Crippen molar-refractivity contribution in [1.82, 2.24) is 0 Å². The summed E-state index contributed by atoms with van der Waals surface area (Å²) >= 11 is 0. The summed E-state index contributed by atoms with van der Waals surface area (Å²) in [6.07, 6.45) is 0. The van der Waals surface area contributed by atoms with Gasteiger partial charge < -0.3 is 14.2 Å². The molecule has 0 aliphatic carbocycles. The summed E-state index contributed by atoms with van der Waals surface area (Å²) in [4.78, 5) is 16.1. The van der Waals surface area contributed by atoms with Crippen molar-refractivity contribution in [2.45, 2.75) is 6.54 Å². The van der Waals surface area contributed by atoms with Crippen molar-refractivity contribution in [2.24, 2.45) is 0 Å². The number of benzene rings is 3. The number of quaternary nitrogens is 1. The highest BCUT2D eigenvalue weighted by Gasteiger charge is 2.22. The molecule has 1 aliphatic rings. The third-order valence-corrected chi connectivity index (χ3v) is 5.75. The fraction of sp³-hybridized carbons (Fsp3) is 0.208. The second kappa shape index (κ2) is 7.13. The van der Waals surface area contributed by atoms with Crippen LogP contribution < -0.4 is 15.4 Å². The Bertz CT molecular complexity index is 1180. The lowest BCUT2D eigenvalue weighted by Gasteiger charge is -2.33. The number of piperazine rings is 1. The van der Waals surface area contributed by atoms with Crippen LogP contribution >= 0.6 is 0 Å². The first-order chi connectivity index (χ1) is 13.8. The molecule has 4 heteroatoms. The van der Waals surface area contributed by atoms with Gasteiger partial charge in [-0.15, -0.1) is 0 Å². The smallest absolute Gasteiger partial charge is 0.336 e. The van der Waals surface area contributed by atoms with Crippen LogP contribution in [0.1, 0.15) is 5.56 Å². The first-order valence-electron chi connectivity index (χ1n) is 9.86. The molecule has 2 heterocycles. The van der Waals surface area contributed by atoms with Gasteiger partial charge in [0, 0.05) is 22.7 Å². The highest BCUT2D eigenvalue weighted by atomic mass is 16.4. The summed E-state index contributed by atoms with van der Waals surface area (Å²) in [5, 5.41) is 3.41. The Hall–Kier alpha value is -3.11. The fourth-order valence-corrected chi connectivity index (χ4v) is 4.33. The lowest BCUT2D eigenvalue weighted by Crippen LogP contribution is -3.13. The molecule has 3 aromatic carbocycles. The first kappa shape index (κ1) is 17.0. The second-order valence-electron chi connectivity index (χ2n) is 7.50. The van der Waals surface area contributed by atoms with Crippen LogP contribution in [0.2, 0.25) is 0 Å². The van der Waals surface area contributed by atoms with E-state index in [1.165, 1.54) is 16.0 Å². The monoisotopic (exact) mass is 371 g/mol.